The van der Waals surface area contributed by atoms with Crippen LogP contribution in [0.5, 0.6) is 11.5 Å². The van der Waals surface area contributed by atoms with E-state index in [9.17, 15) is 14.7 Å². The second-order valence-electron chi connectivity index (χ2n) is 3.92. The molecule has 0 aromatic heterocycles. The molecule has 5 nitrogen and oxygen atoms in total. The van der Waals surface area contributed by atoms with Crippen LogP contribution in [0.4, 0.5) is 0 Å². The molecule has 0 aliphatic rings. The summed E-state index contributed by atoms with van der Waals surface area (Å²) in [6.45, 7) is 5.07. The first-order valence-electron chi connectivity index (χ1n) is 5.10. The molecular weight excluding hydrogens is 224 g/mol. The Labute approximate surface area is 98.6 Å². The number of carbonyl (C=O) groups is 2. The standard InChI is InChI=1S/C12H14O5/c1-6(2)17-9-4-7(3)10(12(15)16)11(14)8(9)5-13/h4-6,14H,1-3H3,(H,15,16). The highest BCUT2D eigenvalue weighted by molar-refractivity contribution is 5.98. The summed E-state index contributed by atoms with van der Waals surface area (Å²) in [5, 5.41) is 18.7. The zero-order valence-electron chi connectivity index (χ0n) is 9.85. The van der Waals surface area contributed by atoms with Crippen LogP contribution in [0.25, 0.3) is 0 Å². The summed E-state index contributed by atoms with van der Waals surface area (Å²) < 4.78 is 5.35. The highest BCUT2D eigenvalue weighted by Crippen LogP contribution is 2.33. The highest BCUT2D eigenvalue weighted by atomic mass is 16.5. The van der Waals surface area contributed by atoms with Crippen molar-refractivity contribution in [2.24, 2.45) is 0 Å². The quantitative estimate of drug-likeness (QED) is 0.784. The Balaban J connectivity index is 3.46. The van der Waals surface area contributed by atoms with Crippen molar-refractivity contribution in [3.63, 3.8) is 0 Å². The summed E-state index contributed by atoms with van der Waals surface area (Å²) >= 11 is 0. The molecule has 0 saturated heterocycles. The van der Waals surface area contributed by atoms with Crippen molar-refractivity contribution in [2.75, 3.05) is 0 Å². The van der Waals surface area contributed by atoms with E-state index >= 15 is 0 Å². The van der Waals surface area contributed by atoms with Gasteiger partial charge in [0, 0.05) is 0 Å². The molecule has 0 spiro atoms. The number of hydrogen-bond donors (Lipinski definition) is 2. The number of carboxylic acid groups (broad SMARTS) is 1. The Kier molecular flexibility index (Phi) is 3.73. The van der Waals surface area contributed by atoms with E-state index in [0.29, 0.717) is 11.8 Å². The molecule has 0 heterocycles. The summed E-state index contributed by atoms with van der Waals surface area (Å²) in [6.07, 6.45) is 0.210. The van der Waals surface area contributed by atoms with Crippen LogP contribution < -0.4 is 4.74 Å². The van der Waals surface area contributed by atoms with Crippen LogP contribution in [0.15, 0.2) is 6.07 Å². The van der Waals surface area contributed by atoms with E-state index in [1.807, 2.05) is 0 Å². The van der Waals surface area contributed by atoms with Gasteiger partial charge >= 0.3 is 5.97 Å². The predicted octanol–water partition coefficient (Wildman–Crippen LogP) is 2.00. The number of phenols is 1. The third-order valence-corrected chi connectivity index (χ3v) is 2.19. The van der Waals surface area contributed by atoms with Gasteiger partial charge in [0.05, 0.1) is 11.7 Å². The lowest BCUT2D eigenvalue weighted by atomic mass is 10.0. The van der Waals surface area contributed by atoms with E-state index in [2.05, 4.69) is 0 Å². The Morgan fingerprint density at radius 1 is 1.47 bits per heavy atom. The van der Waals surface area contributed by atoms with Crippen molar-refractivity contribution in [1.82, 2.24) is 0 Å². The van der Waals surface area contributed by atoms with Gasteiger partial charge in [0.25, 0.3) is 0 Å². The lowest BCUT2D eigenvalue weighted by Gasteiger charge is -2.15. The zero-order chi connectivity index (χ0) is 13.2. The molecule has 17 heavy (non-hydrogen) atoms. The minimum absolute atomic E-state index is 0.137. The molecule has 92 valence electrons. The predicted molar refractivity (Wildman–Crippen MR) is 61.0 cm³/mol. The van der Waals surface area contributed by atoms with E-state index in [1.165, 1.54) is 13.0 Å². The normalized spacial score (nSPS) is 10.4. The molecule has 5 heteroatoms. The van der Waals surface area contributed by atoms with E-state index < -0.39 is 11.7 Å². The van der Waals surface area contributed by atoms with Crippen LogP contribution >= 0.6 is 0 Å². The van der Waals surface area contributed by atoms with Crippen molar-refractivity contribution in [2.45, 2.75) is 26.9 Å². The van der Waals surface area contributed by atoms with Gasteiger partial charge in [-0.1, -0.05) is 0 Å². The van der Waals surface area contributed by atoms with Crippen LogP contribution in [0.2, 0.25) is 0 Å². The van der Waals surface area contributed by atoms with Crippen molar-refractivity contribution in [3.8, 4) is 11.5 Å². The first-order chi connectivity index (χ1) is 7.88. The van der Waals surface area contributed by atoms with Crippen LogP contribution in [0.1, 0.15) is 40.1 Å². The average molecular weight is 238 g/mol. The SMILES string of the molecule is Cc1cc(OC(C)C)c(C=O)c(O)c1C(=O)O. The first kappa shape index (κ1) is 13.0. The number of benzene rings is 1. The second-order valence-corrected chi connectivity index (χ2v) is 3.92. The number of carbonyl (C=O) groups excluding carboxylic acids is 1. The van der Waals surface area contributed by atoms with Crippen molar-refractivity contribution < 1.29 is 24.5 Å². The maximum absolute atomic E-state index is 10.9. The summed E-state index contributed by atoms with van der Waals surface area (Å²) in [4.78, 5) is 21.8. The number of carboxylic acids is 1. The molecule has 0 amide bonds. The summed E-state index contributed by atoms with van der Waals surface area (Å²) in [5.74, 6) is -1.64. The molecule has 2 N–H and O–H groups in total. The fraction of sp³-hybridized carbons (Fsp3) is 0.333. The number of aldehydes is 1. The second kappa shape index (κ2) is 4.86. The Morgan fingerprint density at radius 3 is 2.47 bits per heavy atom. The van der Waals surface area contributed by atoms with Gasteiger partial charge in [0.15, 0.2) is 6.29 Å². The molecule has 1 aromatic rings. The van der Waals surface area contributed by atoms with Crippen molar-refractivity contribution >= 4 is 12.3 Å². The lowest BCUT2D eigenvalue weighted by Crippen LogP contribution is -2.10. The van der Waals surface area contributed by atoms with Crippen molar-refractivity contribution in [1.29, 1.82) is 0 Å². The van der Waals surface area contributed by atoms with Crippen molar-refractivity contribution in [3.05, 3.63) is 22.8 Å². The molecule has 0 saturated carbocycles. The molecule has 1 rings (SSSR count). The number of hydrogen-bond acceptors (Lipinski definition) is 4. The topological polar surface area (TPSA) is 83.8 Å². The number of ether oxygens (including phenoxy) is 1. The third-order valence-electron chi connectivity index (χ3n) is 2.19. The van der Waals surface area contributed by atoms with Gasteiger partial charge in [-0.05, 0) is 32.4 Å². The van der Waals surface area contributed by atoms with Gasteiger partial charge in [0.2, 0.25) is 0 Å². The van der Waals surface area contributed by atoms with E-state index in [4.69, 9.17) is 9.84 Å². The molecule has 0 aliphatic heterocycles. The Morgan fingerprint density at radius 2 is 2.06 bits per heavy atom. The number of aryl methyl sites for hydroxylation is 1. The van der Waals surface area contributed by atoms with E-state index in [1.54, 1.807) is 13.8 Å². The van der Waals surface area contributed by atoms with Gasteiger partial charge in [-0.2, -0.15) is 0 Å². The average Bonchev–Trinajstić information content (AvgIpc) is 2.15. The Bertz CT molecular complexity index is 462. The molecule has 0 atom stereocenters. The van der Waals surface area contributed by atoms with Gasteiger partial charge < -0.3 is 14.9 Å². The number of aromatic carboxylic acids is 1. The maximum atomic E-state index is 10.9. The van der Waals surface area contributed by atoms with Crippen LogP contribution in [-0.2, 0) is 0 Å². The number of rotatable bonds is 4. The first-order valence-corrected chi connectivity index (χ1v) is 5.10. The highest BCUT2D eigenvalue weighted by Gasteiger charge is 2.21. The molecule has 0 bridgehead atoms. The zero-order valence-corrected chi connectivity index (χ0v) is 9.85. The molecular formula is C12H14O5. The minimum Gasteiger partial charge on any atom is -0.506 e. The molecule has 1 aromatic carbocycles. The minimum atomic E-state index is -1.28. The van der Waals surface area contributed by atoms with E-state index in [-0.39, 0.29) is 23.0 Å². The monoisotopic (exact) mass is 238 g/mol. The number of aromatic hydroxyl groups is 1. The fourth-order valence-electron chi connectivity index (χ4n) is 1.52. The third kappa shape index (κ3) is 2.55. The summed E-state index contributed by atoms with van der Waals surface area (Å²) in [7, 11) is 0. The Hall–Kier alpha value is -2.04. The largest absolute Gasteiger partial charge is 0.506 e. The summed E-state index contributed by atoms with van der Waals surface area (Å²) in [6, 6.07) is 1.44. The van der Waals surface area contributed by atoms with Gasteiger partial charge in [-0.15, -0.1) is 0 Å². The molecule has 0 fully saturated rings. The van der Waals surface area contributed by atoms with Crippen LogP contribution in [0.3, 0.4) is 0 Å². The summed E-state index contributed by atoms with van der Waals surface area (Å²) in [5.41, 5.74) is -0.0684. The van der Waals surface area contributed by atoms with Crippen LogP contribution in [0, 0.1) is 6.92 Å². The molecule has 0 unspecified atom stereocenters. The van der Waals surface area contributed by atoms with Gasteiger partial charge in [-0.25, -0.2) is 4.79 Å². The maximum Gasteiger partial charge on any atom is 0.339 e. The van der Waals surface area contributed by atoms with Gasteiger partial charge in [-0.3, -0.25) is 4.79 Å². The van der Waals surface area contributed by atoms with Crippen LogP contribution in [-0.4, -0.2) is 28.6 Å². The molecule has 0 aliphatic carbocycles. The van der Waals surface area contributed by atoms with Gasteiger partial charge in [0.1, 0.15) is 17.1 Å². The van der Waals surface area contributed by atoms with E-state index in [0.717, 1.165) is 0 Å². The molecule has 0 radical (unpaired) electrons. The lowest BCUT2D eigenvalue weighted by molar-refractivity contribution is 0.0693. The fourth-order valence-corrected chi connectivity index (χ4v) is 1.52. The smallest absolute Gasteiger partial charge is 0.339 e.